The average Bonchev–Trinajstić information content (AvgIpc) is 3.02. The number of anilines is 1. The second-order valence-electron chi connectivity index (χ2n) is 5.81. The molecule has 0 bridgehead atoms. The number of carbonyl (C=O) groups excluding carboxylic acids is 2. The number of Topliss-reactive ketones (excluding diaryl/α,β-unsaturated/α-hetero) is 1. The number of rotatable bonds is 3. The van der Waals surface area contributed by atoms with Gasteiger partial charge in [0.2, 0.25) is 0 Å². The van der Waals surface area contributed by atoms with Gasteiger partial charge >= 0.3 is 0 Å². The average molecular weight is 309 g/mol. The lowest BCUT2D eigenvalue weighted by Gasteiger charge is -2.17. The van der Waals surface area contributed by atoms with Crippen molar-refractivity contribution in [2.24, 2.45) is 0 Å². The lowest BCUT2D eigenvalue weighted by Crippen LogP contribution is -2.22. The van der Waals surface area contributed by atoms with E-state index >= 15 is 0 Å². The molecule has 1 amide bonds. The summed E-state index contributed by atoms with van der Waals surface area (Å²) >= 11 is 0. The highest BCUT2D eigenvalue weighted by atomic mass is 35.5. The molecule has 1 N–H and O–H groups in total. The Morgan fingerprint density at radius 3 is 2.52 bits per heavy atom. The quantitative estimate of drug-likeness (QED) is 0.873. The summed E-state index contributed by atoms with van der Waals surface area (Å²) in [5.41, 5.74) is 4.45. The van der Waals surface area contributed by atoms with Crippen LogP contribution in [-0.4, -0.2) is 36.2 Å². The van der Waals surface area contributed by atoms with Gasteiger partial charge in [0.05, 0.1) is 11.3 Å². The molecule has 114 valence electrons. The number of halogens is 1. The van der Waals surface area contributed by atoms with Crippen LogP contribution in [0.25, 0.3) is 0 Å². The molecule has 5 heteroatoms. The van der Waals surface area contributed by atoms with E-state index in [1.54, 1.807) is 0 Å². The minimum Gasteiger partial charge on any atom is -0.318 e. The van der Waals surface area contributed by atoms with Crippen LogP contribution in [0.4, 0.5) is 5.69 Å². The van der Waals surface area contributed by atoms with Gasteiger partial charge in [-0.2, -0.15) is 0 Å². The Morgan fingerprint density at radius 2 is 1.86 bits per heavy atom. The third-order valence-electron chi connectivity index (χ3n) is 4.46. The van der Waals surface area contributed by atoms with Gasteiger partial charge in [-0.15, -0.1) is 12.4 Å². The van der Waals surface area contributed by atoms with Crippen LogP contribution in [0, 0.1) is 13.8 Å². The highest BCUT2D eigenvalue weighted by Gasteiger charge is 2.32. The van der Waals surface area contributed by atoms with Crippen molar-refractivity contribution in [2.75, 3.05) is 25.0 Å². The Morgan fingerprint density at radius 1 is 1.19 bits per heavy atom. The van der Waals surface area contributed by atoms with E-state index in [2.05, 4.69) is 16.3 Å². The first-order valence-electron chi connectivity index (χ1n) is 7.29. The normalized spacial score (nSPS) is 17.6. The SMILES string of the molecule is Cc1cc(CCN2CCCC2)c(C)c2c1NC(=O)C2=O.Cl. The lowest BCUT2D eigenvalue weighted by molar-refractivity contribution is -0.112. The summed E-state index contributed by atoms with van der Waals surface area (Å²) in [6, 6.07) is 2.11. The van der Waals surface area contributed by atoms with Gasteiger partial charge in [0, 0.05) is 6.54 Å². The van der Waals surface area contributed by atoms with E-state index in [9.17, 15) is 9.59 Å². The zero-order valence-corrected chi connectivity index (χ0v) is 13.3. The largest absolute Gasteiger partial charge is 0.318 e. The second kappa shape index (κ2) is 6.16. The summed E-state index contributed by atoms with van der Waals surface area (Å²) in [5.74, 6) is -0.883. The molecule has 0 aromatic heterocycles. The summed E-state index contributed by atoms with van der Waals surface area (Å²) in [5, 5.41) is 2.68. The molecule has 1 fully saturated rings. The number of benzene rings is 1. The van der Waals surface area contributed by atoms with Crippen molar-refractivity contribution in [2.45, 2.75) is 33.1 Å². The fourth-order valence-electron chi connectivity index (χ4n) is 3.26. The molecule has 0 spiro atoms. The number of aryl methyl sites for hydroxylation is 1. The topological polar surface area (TPSA) is 49.4 Å². The van der Waals surface area contributed by atoms with Gasteiger partial charge < -0.3 is 10.2 Å². The van der Waals surface area contributed by atoms with E-state index in [0.29, 0.717) is 11.3 Å². The van der Waals surface area contributed by atoms with Crippen molar-refractivity contribution in [3.63, 3.8) is 0 Å². The standard InChI is InChI=1S/C16H20N2O2.ClH/c1-10-9-12(5-8-18-6-3-4-7-18)11(2)13-14(10)17-16(20)15(13)19;/h9H,3-8H2,1-2H3,(H,17,19,20);1H. The Bertz CT molecular complexity index is 592. The van der Waals surface area contributed by atoms with Crippen LogP contribution in [0.3, 0.4) is 0 Å². The maximum Gasteiger partial charge on any atom is 0.296 e. The fraction of sp³-hybridized carbons (Fsp3) is 0.500. The molecular formula is C16H21ClN2O2. The predicted molar refractivity (Wildman–Crippen MR) is 85.5 cm³/mol. The molecule has 2 aliphatic rings. The van der Waals surface area contributed by atoms with Crippen molar-refractivity contribution in [1.82, 2.24) is 4.90 Å². The molecule has 21 heavy (non-hydrogen) atoms. The first kappa shape index (κ1) is 16.0. The van der Waals surface area contributed by atoms with Crippen LogP contribution >= 0.6 is 12.4 Å². The zero-order chi connectivity index (χ0) is 14.3. The highest BCUT2D eigenvalue weighted by Crippen LogP contribution is 2.32. The maximum absolute atomic E-state index is 12.0. The van der Waals surface area contributed by atoms with Crippen LogP contribution in [0.15, 0.2) is 6.07 Å². The molecule has 1 saturated heterocycles. The Balaban J connectivity index is 0.00000161. The van der Waals surface area contributed by atoms with Gasteiger partial charge in [0.15, 0.2) is 0 Å². The number of hydrogen-bond donors (Lipinski definition) is 1. The van der Waals surface area contributed by atoms with E-state index in [-0.39, 0.29) is 18.2 Å². The number of hydrogen-bond acceptors (Lipinski definition) is 3. The smallest absolute Gasteiger partial charge is 0.296 e. The maximum atomic E-state index is 12.0. The van der Waals surface area contributed by atoms with Gasteiger partial charge in [-0.1, -0.05) is 6.07 Å². The molecule has 0 atom stereocenters. The number of ketones is 1. The van der Waals surface area contributed by atoms with E-state index < -0.39 is 5.91 Å². The second-order valence-corrected chi connectivity index (χ2v) is 5.81. The molecule has 3 rings (SSSR count). The van der Waals surface area contributed by atoms with Crippen molar-refractivity contribution in [1.29, 1.82) is 0 Å². The van der Waals surface area contributed by atoms with E-state index in [1.165, 1.54) is 31.5 Å². The van der Waals surface area contributed by atoms with Gasteiger partial charge in [-0.25, -0.2) is 0 Å². The number of nitrogens with zero attached hydrogens (tertiary/aromatic N) is 1. The molecule has 0 saturated carbocycles. The van der Waals surface area contributed by atoms with E-state index in [1.807, 2.05) is 13.8 Å². The molecule has 2 aliphatic heterocycles. The van der Waals surface area contributed by atoms with Crippen LogP contribution in [-0.2, 0) is 11.2 Å². The molecule has 4 nitrogen and oxygen atoms in total. The number of likely N-dealkylation sites (tertiary alicyclic amines) is 1. The Hall–Kier alpha value is -1.39. The number of carbonyl (C=O) groups is 2. The summed E-state index contributed by atoms with van der Waals surface area (Å²) in [6.07, 6.45) is 3.53. The van der Waals surface area contributed by atoms with Crippen molar-refractivity contribution in [3.05, 3.63) is 28.3 Å². The summed E-state index contributed by atoms with van der Waals surface area (Å²) in [7, 11) is 0. The van der Waals surface area contributed by atoms with Crippen LogP contribution in [0.5, 0.6) is 0 Å². The summed E-state index contributed by atoms with van der Waals surface area (Å²) in [6.45, 7) is 7.31. The Kier molecular flexibility index (Phi) is 4.69. The molecule has 0 unspecified atom stereocenters. The molecular weight excluding hydrogens is 288 g/mol. The van der Waals surface area contributed by atoms with Gasteiger partial charge in [-0.05, 0) is 62.9 Å². The minimum absolute atomic E-state index is 0. The van der Waals surface area contributed by atoms with Gasteiger partial charge in [0.1, 0.15) is 0 Å². The summed E-state index contributed by atoms with van der Waals surface area (Å²) < 4.78 is 0. The first-order chi connectivity index (χ1) is 9.58. The fourth-order valence-corrected chi connectivity index (χ4v) is 3.26. The predicted octanol–water partition coefficient (Wildman–Crippen LogP) is 2.50. The number of fused-ring (bicyclic) bond motifs is 1. The highest BCUT2D eigenvalue weighted by molar-refractivity contribution is 6.52. The third kappa shape index (κ3) is 2.83. The molecule has 1 aromatic rings. The van der Waals surface area contributed by atoms with Crippen LogP contribution < -0.4 is 5.32 Å². The molecule has 0 radical (unpaired) electrons. The Labute approximate surface area is 131 Å². The number of nitrogens with one attached hydrogen (secondary N) is 1. The van der Waals surface area contributed by atoms with E-state index in [4.69, 9.17) is 0 Å². The number of amides is 1. The van der Waals surface area contributed by atoms with Crippen molar-refractivity contribution < 1.29 is 9.59 Å². The van der Waals surface area contributed by atoms with Crippen molar-refractivity contribution in [3.8, 4) is 0 Å². The third-order valence-corrected chi connectivity index (χ3v) is 4.46. The zero-order valence-electron chi connectivity index (χ0n) is 12.5. The van der Waals surface area contributed by atoms with Gasteiger partial charge in [0.25, 0.3) is 11.7 Å². The van der Waals surface area contributed by atoms with Crippen molar-refractivity contribution >= 4 is 29.8 Å². The summed E-state index contributed by atoms with van der Waals surface area (Å²) in [4.78, 5) is 26.0. The van der Waals surface area contributed by atoms with Crippen LogP contribution in [0.1, 0.15) is 39.9 Å². The molecule has 0 aliphatic carbocycles. The monoisotopic (exact) mass is 308 g/mol. The molecule has 2 heterocycles. The van der Waals surface area contributed by atoms with Crippen LogP contribution in [0.2, 0.25) is 0 Å². The lowest BCUT2D eigenvalue weighted by atomic mass is 9.94. The molecule has 1 aromatic carbocycles. The van der Waals surface area contributed by atoms with Gasteiger partial charge in [-0.3, -0.25) is 9.59 Å². The first-order valence-corrected chi connectivity index (χ1v) is 7.29. The van der Waals surface area contributed by atoms with E-state index in [0.717, 1.165) is 24.1 Å². The minimum atomic E-state index is -0.497.